The van der Waals surface area contributed by atoms with Gasteiger partial charge in [-0.15, -0.1) is 5.10 Å². The van der Waals surface area contributed by atoms with Crippen LogP contribution in [0.3, 0.4) is 0 Å². The fourth-order valence-electron chi connectivity index (χ4n) is 3.97. The van der Waals surface area contributed by atoms with Gasteiger partial charge in [0, 0.05) is 15.3 Å². The van der Waals surface area contributed by atoms with Crippen molar-refractivity contribution in [2.75, 3.05) is 12.9 Å². The Labute approximate surface area is 215 Å². The summed E-state index contributed by atoms with van der Waals surface area (Å²) in [6, 6.07) is 21.4. The van der Waals surface area contributed by atoms with E-state index in [0.717, 1.165) is 31.9 Å². The molecule has 0 fully saturated rings. The van der Waals surface area contributed by atoms with Crippen molar-refractivity contribution in [1.29, 1.82) is 0 Å². The van der Waals surface area contributed by atoms with Crippen LogP contribution in [0.15, 0.2) is 81.3 Å². The molecule has 0 radical (unpaired) electrons. The first kappa shape index (κ1) is 23.4. The number of hydrogen-bond donors (Lipinski definition) is 1. The Morgan fingerprint density at radius 2 is 1.91 bits per heavy atom. The number of amidine groups is 1. The number of hydrogen-bond acceptors (Lipinski definition) is 7. The molecular weight excluding hydrogens is 528 g/mol. The molecule has 1 N–H and O–H groups in total. The van der Waals surface area contributed by atoms with Crippen molar-refractivity contribution in [3.63, 3.8) is 0 Å². The van der Waals surface area contributed by atoms with Crippen molar-refractivity contribution >= 4 is 44.5 Å². The Morgan fingerprint density at radius 3 is 2.69 bits per heavy atom. The van der Waals surface area contributed by atoms with Gasteiger partial charge in [-0.3, -0.25) is 15.1 Å². The molecule has 2 aliphatic heterocycles. The number of thioether (sulfide) groups is 1. The molecule has 5 rings (SSSR count). The van der Waals surface area contributed by atoms with Gasteiger partial charge in [0.05, 0.1) is 12.5 Å². The highest BCUT2D eigenvalue weighted by atomic mass is 79.9. The summed E-state index contributed by atoms with van der Waals surface area (Å²) >= 11 is 4.98. The van der Waals surface area contributed by atoms with Crippen LogP contribution in [0.4, 0.5) is 0 Å². The minimum atomic E-state index is -0.533. The molecule has 7 nitrogen and oxygen atoms in total. The number of nitrogens with zero attached hydrogens (tertiary/aromatic N) is 3. The van der Waals surface area contributed by atoms with E-state index in [-0.39, 0.29) is 5.91 Å². The summed E-state index contributed by atoms with van der Waals surface area (Å²) in [6.07, 6.45) is -0.533. The van der Waals surface area contributed by atoms with Crippen molar-refractivity contribution in [3.05, 3.63) is 92.9 Å². The quantitative estimate of drug-likeness (QED) is 0.503. The number of ether oxygens (including phenoxy) is 2. The molecular formula is C26H23BrN4O3S. The molecule has 1 atom stereocenters. The van der Waals surface area contributed by atoms with E-state index < -0.39 is 6.17 Å². The van der Waals surface area contributed by atoms with E-state index in [4.69, 9.17) is 19.6 Å². The van der Waals surface area contributed by atoms with Gasteiger partial charge in [0.2, 0.25) is 0 Å². The number of rotatable bonds is 6. The number of methoxy groups -OCH3 is 1. The minimum absolute atomic E-state index is 0.204. The van der Waals surface area contributed by atoms with Crippen LogP contribution in [0.5, 0.6) is 11.5 Å². The third-order valence-corrected chi connectivity index (χ3v) is 6.81. The van der Waals surface area contributed by atoms with Crippen LogP contribution >= 0.6 is 27.7 Å². The second-order valence-electron chi connectivity index (χ2n) is 7.83. The topological polar surface area (TPSA) is 75.5 Å². The zero-order valence-corrected chi connectivity index (χ0v) is 21.6. The normalized spacial score (nSPS) is 16.5. The Balaban J connectivity index is 1.56. The van der Waals surface area contributed by atoms with Gasteiger partial charge in [-0.2, -0.15) is 0 Å². The van der Waals surface area contributed by atoms with E-state index in [9.17, 15) is 4.79 Å². The van der Waals surface area contributed by atoms with Crippen molar-refractivity contribution < 1.29 is 14.3 Å². The molecule has 0 saturated carbocycles. The standard InChI is InChI=1S/C26H23BrN4O3S/c1-3-35-26-29-25(32)23-19-14-18(27)10-11-20(19)28-24(31(23)30-26)17-9-12-21(22(13-17)33-2)34-15-16-7-5-4-6-8-16/h4-14,24H,3,15H2,1-2H3,(H,29,30,32). The van der Waals surface area contributed by atoms with Crippen LogP contribution in [0, 0.1) is 0 Å². The predicted octanol–water partition coefficient (Wildman–Crippen LogP) is 3.93. The van der Waals surface area contributed by atoms with Crippen LogP contribution in [0.2, 0.25) is 0 Å². The number of fused-ring (bicyclic) bond motifs is 2. The third kappa shape index (κ3) is 4.78. The van der Waals surface area contributed by atoms with E-state index >= 15 is 0 Å². The highest BCUT2D eigenvalue weighted by molar-refractivity contribution is 9.10. The first-order valence-electron chi connectivity index (χ1n) is 11.1. The summed E-state index contributed by atoms with van der Waals surface area (Å²) in [5.74, 6) is 1.80. The molecule has 0 saturated heterocycles. The Kier molecular flexibility index (Phi) is 6.79. The van der Waals surface area contributed by atoms with Gasteiger partial charge >= 0.3 is 0 Å². The van der Waals surface area contributed by atoms with E-state index in [2.05, 4.69) is 21.2 Å². The fourth-order valence-corrected chi connectivity index (χ4v) is 4.91. The zero-order chi connectivity index (χ0) is 24.4. The fraction of sp³-hybridized carbons (Fsp3) is 0.192. The zero-order valence-electron chi connectivity index (χ0n) is 19.2. The van der Waals surface area contributed by atoms with Crippen molar-refractivity contribution in [1.82, 2.24) is 10.3 Å². The van der Waals surface area contributed by atoms with Crippen molar-refractivity contribution in [3.8, 4) is 11.5 Å². The summed E-state index contributed by atoms with van der Waals surface area (Å²) in [5, 5.41) is 11.4. The van der Waals surface area contributed by atoms with E-state index in [1.54, 1.807) is 12.1 Å². The number of halogens is 1. The number of nitrogens with one attached hydrogen (secondary N) is 1. The van der Waals surface area contributed by atoms with Gasteiger partial charge in [0.1, 0.15) is 12.3 Å². The number of carbonyl (C=O) groups is 1. The third-order valence-electron chi connectivity index (χ3n) is 5.57. The van der Waals surface area contributed by atoms with Gasteiger partial charge in [-0.05, 0) is 41.6 Å². The molecule has 0 aromatic heterocycles. The lowest BCUT2D eigenvalue weighted by Crippen LogP contribution is -2.50. The average molecular weight is 551 g/mol. The highest BCUT2D eigenvalue weighted by Gasteiger charge is 2.34. The lowest BCUT2D eigenvalue weighted by Gasteiger charge is -2.34. The van der Waals surface area contributed by atoms with Gasteiger partial charge < -0.3 is 9.47 Å². The van der Waals surface area contributed by atoms with Crippen LogP contribution in [-0.2, 0) is 11.4 Å². The molecule has 9 heteroatoms. The summed E-state index contributed by atoms with van der Waals surface area (Å²) in [5.41, 5.74) is 2.36. The molecule has 1 unspecified atom stereocenters. The Bertz CT molecular complexity index is 1430. The molecule has 2 heterocycles. The second-order valence-corrected chi connectivity index (χ2v) is 10.0. The van der Waals surface area contributed by atoms with Gasteiger partial charge in [-0.1, -0.05) is 71.0 Å². The summed E-state index contributed by atoms with van der Waals surface area (Å²) in [4.78, 5) is 18.1. The summed E-state index contributed by atoms with van der Waals surface area (Å²) < 4.78 is 12.5. The van der Waals surface area contributed by atoms with Crippen LogP contribution in [0.1, 0.15) is 24.2 Å². The average Bonchev–Trinajstić information content (AvgIpc) is 2.87. The first-order valence-corrected chi connectivity index (χ1v) is 12.9. The molecule has 2 aliphatic rings. The molecule has 0 bridgehead atoms. The lowest BCUT2D eigenvalue weighted by atomic mass is 10.1. The number of carbonyl (C=O) groups excluding carboxylic acids is 1. The molecule has 1 amide bonds. The molecule has 35 heavy (non-hydrogen) atoms. The smallest absolute Gasteiger partial charge is 0.276 e. The maximum Gasteiger partial charge on any atom is 0.276 e. The lowest BCUT2D eigenvalue weighted by molar-refractivity contribution is -0.116. The van der Waals surface area contributed by atoms with E-state index in [1.807, 2.05) is 73.7 Å². The maximum absolute atomic E-state index is 13.2. The van der Waals surface area contributed by atoms with Crippen LogP contribution < -0.4 is 25.4 Å². The number of amides is 1. The van der Waals surface area contributed by atoms with Gasteiger partial charge in [-0.25, -0.2) is 5.01 Å². The summed E-state index contributed by atoms with van der Waals surface area (Å²) in [6.45, 7) is 2.45. The van der Waals surface area contributed by atoms with E-state index in [0.29, 0.717) is 29.0 Å². The Morgan fingerprint density at radius 1 is 1.09 bits per heavy atom. The second kappa shape index (κ2) is 10.1. The van der Waals surface area contributed by atoms with Crippen LogP contribution in [0.25, 0.3) is 5.70 Å². The molecule has 0 spiro atoms. The number of benzene rings is 3. The molecule has 178 valence electrons. The SMILES string of the molecule is CCSC1=NN2C(=c3cc(Br)ccc3=NC2c2ccc(OCc3ccccc3)c(OC)c2)C(=O)N1. The van der Waals surface area contributed by atoms with Crippen molar-refractivity contribution in [2.45, 2.75) is 19.7 Å². The van der Waals surface area contributed by atoms with Crippen LogP contribution in [-0.4, -0.2) is 28.9 Å². The van der Waals surface area contributed by atoms with Gasteiger partial charge in [0.15, 0.2) is 22.8 Å². The molecule has 3 aromatic rings. The molecule has 3 aromatic carbocycles. The molecule has 0 aliphatic carbocycles. The minimum Gasteiger partial charge on any atom is -0.493 e. The Hall–Kier alpha value is -3.30. The van der Waals surface area contributed by atoms with Crippen molar-refractivity contribution in [2.24, 2.45) is 10.1 Å². The first-order chi connectivity index (χ1) is 17.1. The highest BCUT2D eigenvalue weighted by Crippen LogP contribution is 2.36. The van der Waals surface area contributed by atoms with Gasteiger partial charge in [0.25, 0.3) is 5.91 Å². The monoisotopic (exact) mass is 550 g/mol. The predicted molar refractivity (Wildman–Crippen MR) is 140 cm³/mol. The summed E-state index contributed by atoms with van der Waals surface area (Å²) in [7, 11) is 1.61. The largest absolute Gasteiger partial charge is 0.493 e. The number of hydrazone groups is 1. The maximum atomic E-state index is 13.2. The van der Waals surface area contributed by atoms with E-state index in [1.165, 1.54) is 11.8 Å².